The highest BCUT2D eigenvalue weighted by molar-refractivity contribution is 9.10. The molecule has 2 aromatic carbocycles. The molecule has 2 aromatic rings. The van der Waals surface area contributed by atoms with Gasteiger partial charge in [-0.15, -0.1) is 0 Å². The Bertz CT molecular complexity index is 1050. The Morgan fingerprint density at radius 1 is 1.26 bits per heavy atom. The number of benzene rings is 2. The molecule has 0 spiro atoms. The van der Waals surface area contributed by atoms with Gasteiger partial charge in [0, 0.05) is 0 Å². The second-order valence-electron chi connectivity index (χ2n) is 6.13. The van der Waals surface area contributed by atoms with E-state index in [4.69, 9.17) is 19.3 Å². The zero-order valence-corrected chi connectivity index (χ0v) is 19.1. The fourth-order valence-corrected chi connectivity index (χ4v) is 4.05. The SMILES string of the molecule is CCOc1ccc(N=C2NC(=O)/C(=C\c3cc(Br)c(OCC(=O)O)c(OC)c3)S2)cc1. The largest absolute Gasteiger partial charge is 0.494 e. The predicted octanol–water partition coefficient (Wildman–Crippen LogP) is 4.21. The minimum atomic E-state index is -1.10. The Labute approximate surface area is 191 Å². The first kappa shape index (κ1) is 22.7. The molecule has 1 aliphatic rings. The lowest BCUT2D eigenvalue weighted by Gasteiger charge is -2.12. The molecular formula is C21H19BrN2O6S. The van der Waals surface area contributed by atoms with Crippen LogP contribution in [-0.4, -0.2) is 42.5 Å². The average molecular weight is 507 g/mol. The molecule has 10 heteroatoms. The van der Waals surface area contributed by atoms with E-state index in [0.717, 1.165) is 5.75 Å². The third-order valence-electron chi connectivity index (χ3n) is 3.92. The van der Waals surface area contributed by atoms with Gasteiger partial charge in [0.15, 0.2) is 23.3 Å². The lowest BCUT2D eigenvalue weighted by molar-refractivity contribution is -0.139. The maximum atomic E-state index is 12.4. The smallest absolute Gasteiger partial charge is 0.341 e. The molecule has 1 fully saturated rings. The molecule has 0 radical (unpaired) electrons. The van der Waals surface area contributed by atoms with Crippen molar-refractivity contribution in [2.45, 2.75) is 6.92 Å². The van der Waals surface area contributed by atoms with Crippen molar-refractivity contribution < 1.29 is 28.9 Å². The van der Waals surface area contributed by atoms with Crippen LogP contribution in [0.2, 0.25) is 0 Å². The summed E-state index contributed by atoms with van der Waals surface area (Å²) in [5.74, 6) is 0.00226. The van der Waals surface area contributed by atoms with Gasteiger partial charge in [-0.2, -0.15) is 0 Å². The van der Waals surface area contributed by atoms with Crippen molar-refractivity contribution in [2.24, 2.45) is 4.99 Å². The highest BCUT2D eigenvalue weighted by atomic mass is 79.9. The molecule has 1 aliphatic heterocycles. The Balaban J connectivity index is 1.79. The average Bonchev–Trinajstić information content (AvgIpc) is 3.07. The van der Waals surface area contributed by atoms with E-state index in [1.807, 2.05) is 31.2 Å². The van der Waals surface area contributed by atoms with Gasteiger partial charge in [0.25, 0.3) is 5.91 Å². The number of carboxylic acid groups (broad SMARTS) is 1. The Morgan fingerprint density at radius 2 is 2.00 bits per heavy atom. The summed E-state index contributed by atoms with van der Waals surface area (Å²) in [4.78, 5) is 28.0. The Hall–Kier alpha value is -2.98. The van der Waals surface area contributed by atoms with Crippen molar-refractivity contribution >= 4 is 56.5 Å². The van der Waals surface area contributed by atoms with Crippen LogP contribution >= 0.6 is 27.7 Å². The van der Waals surface area contributed by atoms with Crippen LogP contribution in [0.15, 0.2) is 50.8 Å². The van der Waals surface area contributed by atoms with E-state index >= 15 is 0 Å². The minimum absolute atomic E-state index is 0.268. The number of carbonyl (C=O) groups is 2. The number of rotatable bonds is 8. The molecule has 0 aromatic heterocycles. The van der Waals surface area contributed by atoms with Gasteiger partial charge in [0.1, 0.15) is 5.75 Å². The van der Waals surface area contributed by atoms with Crippen LogP contribution in [0.1, 0.15) is 12.5 Å². The van der Waals surface area contributed by atoms with Crippen molar-refractivity contribution in [3.63, 3.8) is 0 Å². The maximum absolute atomic E-state index is 12.4. The normalized spacial score (nSPS) is 15.8. The number of aliphatic carboxylic acids is 1. The van der Waals surface area contributed by atoms with Gasteiger partial charge in [-0.1, -0.05) is 0 Å². The summed E-state index contributed by atoms with van der Waals surface area (Å²) < 4.78 is 16.5. The molecule has 8 nitrogen and oxygen atoms in total. The molecule has 0 bridgehead atoms. The van der Waals surface area contributed by atoms with Crippen LogP contribution in [0.4, 0.5) is 5.69 Å². The van der Waals surface area contributed by atoms with Gasteiger partial charge >= 0.3 is 5.97 Å². The van der Waals surface area contributed by atoms with Crippen LogP contribution in [0.25, 0.3) is 6.08 Å². The standard InChI is InChI=1S/C21H19BrN2O6S/c1-3-29-14-6-4-13(5-7-14)23-21-24-20(27)17(31-21)10-12-8-15(22)19(16(9-12)28-2)30-11-18(25)26/h4-10H,3,11H2,1-2H3,(H,25,26)(H,23,24,27)/b17-10+. The third kappa shape index (κ3) is 6.02. The number of ether oxygens (including phenoxy) is 3. The van der Waals surface area contributed by atoms with E-state index in [9.17, 15) is 9.59 Å². The number of hydrogen-bond acceptors (Lipinski definition) is 7. The van der Waals surface area contributed by atoms with Gasteiger partial charge in [-0.3, -0.25) is 4.79 Å². The van der Waals surface area contributed by atoms with E-state index in [-0.39, 0.29) is 11.7 Å². The van der Waals surface area contributed by atoms with E-state index < -0.39 is 12.6 Å². The van der Waals surface area contributed by atoms with Crippen molar-refractivity contribution in [1.82, 2.24) is 5.32 Å². The van der Waals surface area contributed by atoms with Crippen LogP contribution in [-0.2, 0) is 9.59 Å². The number of hydrogen-bond donors (Lipinski definition) is 2. The number of amides is 1. The topological polar surface area (TPSA) is 106 Å². The number of carbonyl (C=O) groups excluding carboxylic acids is 1. The molecule has 31 heavy (non-hydrogen) atoms. The summed E-state index contributed by atoms with van der Waals surface area (Å²) in [6.45, 7) is 2.00. The molecule has 0 aliphatic carbocycles. The van der Waals surface area contributed by atoms with Gasteiger partial charge in [0.2, 0.25) is 0 Å². The van der Waals surface area contributed by atoms with Gasteiger partial charge < -0.3 is 24.6 Å². The molecule has 3 rings (SSSR count). The fourth-order valence-electron chi connectivity index (χ4n) is 2.63. The number of nitrogens with zero attached hydrogens (tertiary/aromatic N) is 1. The highest BCUT2D eigenvalue weighted by Crippen LogP contribution is 2.38. The molecule has 1 saturated heterocycles. The summed E-state index contributed by atoms with van der Waals surface area (Å²) in [5, 5.41) is 12.0. The summed E-state index contributed by atoms with van der Waals surface area (Å²) in [6, 6.07) is 10.6. The van der Waals surface area contributed by atoms with Crippen molar-refractivity contribution in [2.75, 3.05) is 20.3 Å². The minimum Gasteiger partial charge on any atom is -0.494 e. The van der Waals surface area contributed by atoms with E-state index in [0.29, 0.717) is 38.2 Å². The van der Waals surface area contributed by atoms with Crippen molar-refractivity contribution in [3.8, 4) is 17.2 Å². The zero-order chi connectivity index (χ0) is 22.4. The van der Waals surface area contributed by atoms with E-state index in [1.165, 1.54) is 18.9 Å². The van der Waals surface area contributed by atoms with Crippen LogP contribution < -0.4 is 19.5 Å². The first-order chi connectivity index (χ1) is 14.9. The molecule has 162 valence electrons. The number of amidine groups is 1. The third-order valence-corrected chi connectivity index (χ3v) is 5.42. The van der Waals surface area contributed by atoms with Crippen molar-refractivity contribution in [3.05, 3.63) is 51.3 Å². The molecule has 0 unspecified atom stereocenters. The van der Waals surface area contributed by atoms with Gasteiger partial charge in [-0.25, -0.2) is 9.79 Å². The molecule has 1 amide bonds. The summed E-state index contributed by atoms with van der Waals surface area (Å²) in [6.07, 6.45) is 1.69. The summed E-state index contributed by atoms with van der Waals surface area (Å²) >= 11 is 4.57. The predicted molar refractivity (Wildman–Crippen MR) is 122 cm³/mol. The summed E-state index contributed by atoms with van der Waals surface area (Å²) in [5.41, 5.74) is 1.36. The monoisotopic (exact) mass is 506 g/mol. The van der Waals surface area contributed by atoms with Gasteiger partial charge in [-0.05, 0) is 82.7 Å². The number of thioether (sulfide) groups is 1. The van der Waals surface area contributed by atoms with Crippen LogP contribution in [0.3, 0.4) is 0 Å². The number of carboxylic acids is 1. The van der Waals surface area contributed by atoms with Crippen LogP contribution in [0.5, 0.6) is 17.2 Å². The van der Waals surface area contributed by atoms with E-state index in [2.05, 4.69) is 26.2 Å². The summed E-state index contributed by atoms with van der Waals surface area (Å²) in [7, 11) is 1.45. The molecule has 0 atom stereocenters. The molecule has 0 saturated carbocycles. The van der Waals surface area contributed by atoms with Crippen molar-refractivity contribution in [1.29, 1.82) is 0 Å². The highest BCUT2D eigenvalue weighted by Gasteiger charge is 2.24. The quantitative estimate of drug-likeness (QED) is 0.516. The zero-order valence-electron chi connectivity index (χ0n) is 16.7. The maximum Gasteiger partial charge on any atom is 0.341 e. The number of methoxy groups -OCH3 is 1. The fraction of sp³-hybridized carbons (Fsp3) is 0.190. The Morgan fingerprint density at radius 3 is 2.65 bits per heavy atom. The first-order valence-electron chi connectivity index (χ1n) is 9.14. The van der Waals surface area contributed by atoms with E-state index in [1.54, 1.807) is 18.2 Å². The number of nitrogens with one attached hydrogen (secondary N) is 1. The molecule has 2 N–H and O–H groups in total. The second-order valence-corrected chi connectivity index (χ2v) is 8.01. The second kappa shape index (κ2) is 10.4. The molecular weight excluding hydrogens is 488 g/mol. The number of aliphatic imine (C=N–C) groups is 1. The lowest BCUT2D eigenvalue weighted by atomic mass is 10.2. The first-order valence-corrected chi connectivity index (χ1v) is 10.7. The van der Waals surface area contributed by atoms with Crippen LogP contribution in [0, 0.1) is 0 Å². The molecule has 1 heterocycles. The van der Waals surface area contributed by atoms with Gasteiger partial charge in [0.05, 0.1) is 28.8 Å². The lowest BCUT2D eigenvalue weighted by Crippen LogP contribution is -2.19. The Kier molecular flexibility index (Phi) is 7.59. The number of halogens is 1.